The molecular formula is C29H29ClFN7O4S. The van der Waals surface area contributed by atoms with Gasteiger partial charge in [-0.25, -0.2) is 19.2 Å². The lowest BCUT2D eigenvalue weighted by atomic mass is 10.1. The van der Waals surface area contributed by atoms with Gasteiger partial charge in [-0.2, -0.15) is 4.98 Å². The molecule has 224 valence electrons. The molecule has 0 amide bonds. The van der Waals surface area contributed by atoms with Gasteiger partial charge in [-0.3, -0.25) is 9.30 Å². The van der Waals surface area contributed by atoms with Crippen LogP contribution in [-0.2, 0) is 19.7 Å². The Balaban J connectivity index is 1.15. The third-order valence-corrected chi connectivity index (χ3v) is 8.65. The molecule has 4 aromatic heterocycles. The van der Waals surface area contributed by atoms with Gasteiger partial charge in [0, 0.05) is 62.1 Å². The van der Waals surface area contributed by atoms with E-state index in [9.17, 15) is 19.4 Å². The number of fused-ring (bicyclic) bond motifs is 1. The van der Waals surface area contributed by atoms with Crippen molar-refractivity contribution in [2.45, 2.75) is 32.7 Å². The van der Waals surface area contributed by atoms with Crippen molar-refractivity contribution in [3.63, 3.8) is 0 Å². The van der Waals surface area contributed by atoms with E-state index in [2.05, 4.69) is 19.8 Å². The Morgan fingerprint density at radius 3 is 2.74 bits per heavy atom. The second-order valence-corrected chi connectivity index (χ2v) is 11.6. The van der Waals surface area contributed by atoms with E-state index in [-0.39, 0.29) is 11.5 Å². The van der Waals surface area contributed by atoms with E-state index in [0.29, 0.717) is 64.7 Å². The Kier molecular flexibility index (Phi) is 8.30. The Morgan fingerprint density at radius 2 is 2.00 bits per heavy atom. The lowest BCUT2D eigenvalue weighted by molar-refractivity contribution is 0.0701. The number of nitrogens with zero attached hydrogens (tertiary/aromatic N) is 7. The molecule has 1 aliphatic heterocycles. The first kappa shape index (κ1) is 29.1. The van der Waals surface area contributed by atoms with E-state index in [1.165, 1.54) is 12.3 Å². The molecule has 2 N–H and O–H groups in total. The van der Waals surface area contributed by atoms with Crippen molar-refractivity contribution in [3.8, 4) is 5.88 Å². The third-order valence-electron chi connectivity index (χ3n) is 7.44. The third kappa shape index (κ3) is 6.07. The monoisotopic (exact) mass is 625 g/mol. The zero-order valence-corrected chi connectivity index (χ0v) is 24.8. The zero-order valence-electron chi connectivity index (χ0n) is 23.2. The number of aliphatic hydroxyl groups excluding tert-OH is 1. The summed E-state index contributed by atoms with van der Waals surface area (Å²) in [4.78, 5) is 30.3. The molecule has 1 aromatic carbocycles. The summed E-state index contributed by atoms with van der Waals surface area (Å²) in [5.41, 5.74) is 2.24. The number of carboxylic acids is 1. The van der Waals surface area contributed by atoms with Crippen LogP contribution in [0.2, 0.25) is 5.02 Å². The van der Waals surface area contributed by atoms with E-state index in [1.807, 2.05) is 23.6 Å². The summed E-state index contributed by atoms with van der Waals surface area (Å²) in [5.74, 6) is -0.293. The van der Waals surface area contributed by atoms with Gasteiger partial charge in [0.05, 0.1) is 29.6 Å². The van der Waals surface area contributed by atoms with Crippen LogP contribution in [0.3, 0.4) is 0 Å². The van der Waals surface area contributed by atoms with Gasteiger partial charge in [0.15, 0.2) is 4.96 Å². The van der Waals surface area contributed by atoms with E-state index in [4.69, 9.17) is 21.3 Å². The van der Waals surface area contributed by atoms with Gasteiger partial charge in [-0.1, -0.05) is 35.1 Å². The minimum atomic E-state index is -1.03. The number of pyridine rings is 1. The fourth-order valence-corrected chi connectivity index (χ4v) is 6.18. The minimum Gasteiger partial charge on any atom is -0.477 e. The van der Waals surface area contributed by atoms with Gasteiger partial charge in [0.1, 0.15) is 29.2 Å². The molecule has 11 nitrogen and oxygen atoms in total. The highest BCUT2D eigenvalue weighted by Gasteiger charge is 2.28. The Labute approximate surface area is 255 Å². The summed E-state index contributed by atoms with van der Waals surface area (Å²) < 4.78 is 23.4. The number of hydrogen-bond acceptors (Lipinski definition) is 9. The fourth-order valence-electron chi connectivity index (χ4n) is 5.17. The Hall–Kier alpha value is -4.04. The van der Waals surface area contributed by atoms with Crippen molar-refractivity contribution in [3.05, 3.63) is 93.5 Å². The molecule has 43 heavy (non-hydrogen) atoms. The predicted octanol–water partition coefficient (Wildman–Crippen LogP) is 4.48. The van der Waals surface area contributed by atoms with E-state index in [0.717, 1.165) is 30.2 Å². The molecule has 0 saturated carbocycles. The van der Waals surface area contributed by atoms with Crippen LogP contribution < -0.4 is 9.64 Å². The van der Waals surface area contributed by atoms with Crippen LogP contribution in [0, 0.1) is 5.82 Å². The van der Waals surface area contributed by atoms with E-state index < -0.39 is 17.9 Å². The first-order valence-corrected chi connectivity index (χ1v) is 14.9. The van der Waals surface area contributed by atoms with Crippen molar-refractivity contribution in [1.82, 2.24) is 28.8 Å². The highest BCUT2D eigenvalue weighted by Crippen LogP contribution is 2.31. The number of aliphatic hydroxyl groups is 1. The van der Waals surface area contributed by atoms with Crippen LogP contribution in [0.25, 0.3) is 4.96 Å². The number of halogens is 2. The summed E-state index contributed by atoms with van der Waals surface area (Å²) in [6, 6.07) is 9.99. The lowest BCUT2D eigenvalue weighted by Crippen LogP contribution is -2.46. The number of anilines is 1. The van der Waals surface area contributed by atoms with Crippen LogP contribution in [0.4, 0.5) is 10.2 Å². The predicted molar refractivity (Wildman–Crippen MR) is 159 cm³/mol. The van der Waals surface area contributed by atoms with Gasteiger partial charge in [0.2, 0.25) is 5.88 Å². The van der Waals surface area contributed by atoms with Crippen LogP contribution in [0.1, 0.15) is 45.3 Å². The standard InChI is InChI=1S/C29H29ClFN7O4S/c1-2-36-17-32-13-22(36)27(39)26-21(33-29-38(26)15-23(43-29)28(40)41)14-35-8-10-37(11-9-35)24-4-3-5-25(34-24)42-16-18-6-7-19(30)12-20(18)31/h3-7,12-13,15,17,27,39H,2,8-11,14,16H2,1H3,(H,40,41). The second kappa shape index (κ2) is 12.3. The van der Waals surface area contributed by atoms with Crippen LogP contribution in [-0.4, -0.2) is 71.2 Å². The Morgan fingerprint density at radius 1 is 1.19 bits per heavy atom. The molecule has 6 rings (SSSR count). The van der Waals surface area contributed by atoms with Crippen molar-refractivity contribution >= 4 is 39.7 Å². The largest absolute Gasteiger partial charge is 0.477 e. The number of imidazole rings is 2. The zero-order chi connectivity index (χ0) is 30.1. The van der Waals surface area contributed by atoms with Crippen LogP contribution in [0.15, 0.2) is 55.1 Å². The second-order valence-electron chi connectivity index (χ2n) is 10.1. The minimum absolute atomic E-state index is 0.0382. The van der Waals surface area contributed by atoms with Gasteiger partial charge in [-0.15, -0.1) is 0 Å². The molecule has 5 aromatic rings. The topological polar surface area (TPSA) is 121 Å². The molecule has 5 heterocycles. The average Bonchev–Trinajstić information content (AvgIpc) is 3.72. The number of thiazole rings is 1. The number of carboxylic acid groups (broad SMARTS) is 1. The quantitative estimate of drug-likeness (QED) is 0.231. The number of piperazine rings is 1. The number of aromatic nitrogens is 5. The summed E-state index contributed by atoms with van der Waals surface area (Å²) in [5, 5.41) is 21.3. The number of carbonyl (C=O) groups is 1. The van der Waals surface area contributed by atoms with Gasteiger partial charge in [0.25, 0.3) is 0 Å². The molecule has 1 atom stereocenters. The number of aryl methyl sites for hydroxylation is 1. The maximum Gasteiger partial charge on any atom is 0.347 e. The summed E-state index contributed by atoms with van der Waals surface area (Å²) >= 11 is 6.91. The smallest absolute Gasteiger partial charge is 0.347 e. The van der Waals surface area contributed by atoms with Gasteiger partial charge < -0.3 is 24.4 Å². The SMILES string of the molecule is CCn1cncc1C(O)c1c(CN2CCN(c3cccc(OCc4ccc(Cl)cc4F)n3)CC2)nc2sc(C(=O)O)cn12. The van der Waals surface area contributed by atoms with Crippen molar-refractivity contribution < 1.29 is 24.1 Å². The first-order chi connectivity index (χ1) is 20.8. The molecule has 1 saturated heterocycles. The highest BCUT2D eigenvalue weighted by molar-refractivity contribution is 7.18. The highest BCUT2D eigenvalue weighted by atomic mass is 35.5. The molecule has 1 unspecified atom stereocenters. The number of benzene rings is 1. The average molecular weight is 626 g/mol. The fraction of sp³-hybridized carbons (Fsp3) is 0.310. The maximum absolute atomic E-state index is 14.1. The molecule has 0 bridgehead atoms. The molecule has 0 spiro atoms. The van der Waals surface area contributed by atoms with Gasteiger partial charge in [-0.05, 0) is 25.1 Å². The van der Waals surface area contributed by atoms with E-state index in [1.54, 1.807) is 35.1 Å². The summed E-state index contributed by atoms with van der Waals surface area (Å²) in [6.07, 6.45) is 3.77. The molecule has 14 heteroatoms. The lowest BCUT2D eigenvalue weighted by Gasteiger charge is -2.35. The Bertz CT molecular complexity index is 1760. The van der Waals surface area contributed by atoms with Crippen molar-refractivity contribution in [2.24, 2.45) is 0 Å². The molecule has 0 aliphatic carbocycles. The summed E-state index contributed by atoms with van der Waals surface area (Å²) in [6.45, 7) is 5.97. The van der Waals surface area contributed by atoms with Crippen LogP contribution in [0.5, 0.6) is 5.88 Å². The van der Waals surface area contributed by atoms with Crippen molar-refractivity contribution in [1.29, 1.82) is 0 Å². The maximum atomic E-state index is 14.1. The van der Waals surface area contributed by atoms with Crippen molar-refractivity contribution in [2.75, 3.05) is 31.1 Å². The molecule has 0 radical (unpaired) electrons. The molecule has 1 fully saturated rings. The first-order valence-electron chi connectivity index (χ1n) is 13.7. The number of aromatic carboxylic acids is 1. The normalized spacial score (nSPS) is 14.8. The number of rotatable bonds is 10. The summed E-state index contributed by atoms with van der Waals surface area (Å²) in [7, 11) is 0. The van der Waals surface area contributed by atoms with Crippen LogP contribution >= 0.6 is 22.9 Å². The molecular weight excluding hydrogens is 597 g/mol. The molecule has 1 aliphatic rings. The number of hydrogen-bond donors (Lipinski definition) is 2. The van der Waals surface area contributed by atoms with E-state index >= 15 is 0 Å². The number of ether oxygens (including phenoxy) is 1. The van der Waals surface area contributed by atoms with Gasteiger partial charge >= 0.3 is 5.97 Å².